The predicted molar refractivity (Wildman–Crippen MR) is 77.3 cm³/mol. The zero-order valence-corrected chi connectivity index (χ0v) is 11.9. The third-order valence-corrected chi connectivity index (χ3v) is 3.55. The molecule has 1 saturated carbocycles. The Kier molecular flexibility index (Phi) is 5.35. The maximum atomic E-state index is 11.0. The first-order chi connectivity index (χ1) is 9.69. The molecule has 1 aliphatic rings. The summed E-state index contributed by atoms with van der Waals surface area (Å²) in [5.74, 6) is -0.316. The van der Waals surface area contributed by atoms with Crippen LogP contribution >= 0.6 is 0 Å². The van der Waals surface area contributed by atoms with E-state index >= 15 is 0 Å². The number of hydrogen-bond donors (Lipinski definition) is 2. The van der Waals surface area contributed by atoms with Crippen molar-refractivity contribution in [1.82, 2.24) is 4.98 Å². The fourth-order valence-corrected chi connectivity index (χ4v) is 2.44. The Morgan fingerprint density at radius 2 is 2.20 bits per heavy atom. The average molecular weight is 278 g/mol. The van der Waals surface area contributed by atoms with Crippen molar-refractivity contribution >= 4 is 11.8 Å². The SMILES string of the molecule is CCc1cc(C(=O)O)cc(NCCOC2CCCC2)n1. The van der Waals surface area contributed by atoms with Crippen LogP contribution < -0.4 is 5.32 Å². The van der Waals surface area contributed by atoms with Crippen LogP contribution in [0, 0.1) is 0 Å². The van der Waals surface area contributed by atoms with Crippen LogP contribution in [0.4, 0.5) is 5.82 Å². The lowest BCUT2D eigenvalue weighted by molar-refractivity contribution is 0.0658. The molecule has 1 aromatic heterocycles. The van der Waals surface area contributed by atoms with E-state index in [-0.39, 0.29) is 5.56 Å². The highest BCUT2D eigenvalue weighted by Gasteiger charge is 2.14. The van der Waals surface area contributed by atoms with Gasteiger partial charge in [0.1, 0.15) is 5.82 Å². The fraction of sp³-hybridized carbons (Fsp3) is 0.600. The average Bonchev–Trinajstić information content (AvgIpc) is 2.96. The van der Waals surface area contributed by atoms with E-state index in [9.17, 15) is 4.79 Å². The first kappa shape index (κ1) is 14.8. The molecule has 0 saturated heterocycles. The Morgan fingerprint density at radius 1 is 1.45 bits per heavy atom. The van der Waals surface area contributed by atoms with Crippen LogP contribution in [0.1, 0.15) is 48.7 Å². The Morgan fingerprint density at radius 3 is 2.85 bits per heavy atom. The van der Waals surface area contributed by atoms with Gasteiger partial charge in [0.15, 0.2) is 0 Å². The second kappa shape index (κ2) is 7.24. The number of carbonyl (C=O) groups is 1. The molecule has 0 amide bonds. The number of carboxylic acids is 1. The third kappa shape index (κ3) is 4.20. The van der Waals surface area contributed by atoms with Gasteiger partial charge in [0.25, 0.3) is 0 Å². The minimum absolute atomic E-state index is 0.274. The summed E-state index contributed by atoms with van der Waals surface area (Å²) in [7, 11) is 0. The van der Waals surface area contributed by atoms with Crippen molar-refractivity contribution in [3.63, 3.8) is 0 Å². The number of aromatic carboxylic acids is 1. The number of rotatable bonds is 7. The standard InChI is InChI=1S/C15H22N2O3/c1-2-12-9-11(15(18)19)10-14(17-12)16-7-8-20-13-5-3-4-6-13/h9-10,13H,2-8H2,1H3,(H,16,17)(H,18,19). The molecular formula is C15H22N2O3. The first-order valence-corrected chi connectivity index (χ1v) is 7.28. The van der Waals surface area contributed by atoms with Crippen molar-refractivity contribution in [2.75, 3.05) is 18.5 Å². The predicted octanol–water partition coefficient (Wildman–Crippen LogP) is 2.71. The number of ether oxygens (including phenoxy) is 1. The van der Waals surface area contributed by atoms with Gasteiger partial charge in [0.2, 0.25) is 0 Å². The number of aryl methyl sites for hydroxylation is 1. The zero-order chi connectivity index (χ0) is 14.4. The molecule has 2 rings (SSSR count). The molecule has 1 heterocycles. The van der Waals surface area contributed by atoms with E-state index in [0.29, 0.717) is 31.5 Å². The van der Waals surface area contributed by atoms with Crippen LogP contribution in [0.15, 0.2) is 12.1 Å². The zero-order valence-electron chi connectivity index (χ0n) is 11.9. The van der Waals surface area contributed by atoms with Gasteiger partial charge in [-0.05, 0) is 31.4 Å². The van der Waals surface area contributed by atoms with Gasteiger partial charge < -0.3 is 15.2 Å². The summed E-state index contributed by atoms with van der Waals surface area (Å²) in [6, 6.07) is 3.18. The molecule has 1 aliphatic carbocycles. The summed E-state index contributed by atoms with van der Waals surface area (Å²) < 4.78 is 5.75. The third-order valence-electron chi connectivity index (χ3n) is 3.55. The highest BCUT2D eigenvalue weighted by molar-refractivity contribution is 5.88. The Hall–Kier alpha value is -1.62. The summed E-state index contributed by atoms with van der Waals surface area (Å²) >= 11 is 0. The molecule has 2 N–H and O–H groups in total. The summed E-state index contributed by atoms with van der Waals surface area (Å²) in [6.45, 7) is 3.24. The van der Waals surface area contributed by atoms with Crippen molar-refractivity contribution in [2.24, 2.45) is 0 Å². The van der Waals surface area contributed by atoms with Crippen molar-refractivity contribution < 1.29 is 14.6 Å². The molecule has 0 aromatic carbocycles. The summed E-state index contributed by atoms with van der Waals surface area (Å²) in [5, 5.41) is 12.2. The number of nitrogens with one attached hydrogen (secondary N) is 1. The molecule has 20 heavy (non-hydrogen) atoms. The van der Waals surface area contributed by atoms with Gasteiger partial charge in [0.05, 0.1) is 18.3 Å². The lowest BCUT2D eigenvalue weighted by Gasteiger charge is -2.12. The van der Waals surface area contributed by atoms with Gasteiger partial charge in [-0.25, -0.2) is 9.78 Å². The maximum absolute atomic E-state index is 11.0. The van der Waals surface area contributed by atoms with Crippen molar-refractivity contribution in [2.45, 2.75) is 45.1 Å². The van der Waals surface area contributed by atoms with E-state index in [1.807, 2.05) is 6.92 Å². The molecule has 0 radical (unpaired) electrons. The van der Waals surface area contributed by atoms with Gasteiger partial charge in [0, 0.05) is 12.2 Å². The van der Waals surface area contributed by atoms with Crippen LogP contribution in [0.5, 0.6) is 0 Å². The van der Waals surface area contributed by atoms with Crippen molar-refractivity contribution in [1.29, 1.82) is 0 Å². The first-order valence-electron chi connectivity index (χ1n) is 7.28. The topological polar surface area (TPSA) is 71.5 Å². The van der Waals surface area contributed by atoms with Gasteiger partial charge in [-0.1, -0.05) is 19.8 Å². The highest BCUT2D eigenvalue weighted by atomic mass is 16.5. The number of carboxylic acid groups (broad SMARTS) is 1. The van der Waals surface area contributed by atoms with Crippen LogP contribution in [0.3, 0.4) is 0 Å². The van der Waals surface area contributed by atoms with Gasteiger partial charge in [-0.3, -0.25) is 0 Å². The molecule has 1 fully saturated rings. The maximum Gasteiger partial charge on any atom is 0.335 e. The van der Waals surface area contributed by atoms with Crippen LogP contribution in [-0.4, -0.2) is 35.3 Å². The lowest BCUT2D eigenvalue weighted by atomic mass is 10.2. The Balaban J connectivity index is 1.84. The Labute approximate surface area is 119 Å². The molecule has 0 spiro atoms. The van der Waals surface area contributed by atoms with E-state index < -0.39 is 5.97 Å². The molecule has 110 valence electrons. The van der Waals surface area contributed by atoms with E-state index in [1.165, 1.54) is 12.8 Å². The molecular weight excluding hydrogens is 256 g/mol. The van der Waals surface area contributed by atoms with Crippen molar-refractivity contribution in [3.8, 4) is 0 Å². The highest BCUT2D eigenvalue weighted by Crippen LogP contribution is 2.20. The number of aromatic nitrogens is 1. The van der Waals surface area contributed by atoms with E-state index in [2.05, 4.69) is 10.3 Å². The monoisotopic (exact) mass is 278 g/mol. The van der Waals surface area contributed by atoms with Crippen molar-refractivity contribution in [3.05, 3.63) is 23.4 Å². The molecule has 0 unspecified atom stereocenters. The van der Waals surface area contributed by atoms with Gasteiger partial charge in [-0.2, -0.15) is 0 Å². The number of pyridine rings is 1. The van der Waals surface area contributed by atoms with Gasteiger partial charge >= 0.3 is 5.97 Å². The lowest BCUT2D eigenvalue weighted by Crippen LogP contribution is -2.16. The normalized spacial score (nSPS) is 15.4. The molecule has 0 bridgehead atoms. The van der Waals surface area contributed by atoms with Crippen LogP contribution in [-0.2, 0) is 11.2 Å². The van der Waals surface area contributed by atoms with Crippen LogP contribution in [0.25, 0.3) is 0 Å². The van der Waals surface area contributed by atoms with Crippen LogP contribution in [0.2, 0.25) is 0 Å². The Bertz CT molecular complexity index is 456. The van der Waals surface area contributed by atoms with E-state index in [0.717, 1.165) is 18.5 Å². The second-order valence-electron chi connectivity index (χ2n) is 5.10. The molecule has 5 heteroatoms. The summed E-state index contributed by atoms with van der Waals surface area (Å²) in [5.41, 5.74) is 1.06. The largest absolute Gasteiger partial charge is 0.478 e. The van der Waals surface area contributed by atoms with E-state index in [4.69, 9.17) is 9.84 Å². The molecule has 0 atom stereocenters. The van der Waals surface area contributed by atoms with Gasteiger partial charge in [-0.15, -0.1) is 0 Å². The summed E-state index contributed by atoms with van der Waals surface area (Å²) in [4.78, 5) is 15.4. The minimum Gasteiger partial charge on any atom is -0.478 e. The molecule has 0 aliphatic heterocycles. The molecule has 1 aromatic rings. The number of hydrogen-bond acceptors (Lipinski definition) is 4. The quantitative estimate of drug-likeness (QED) is 0.750. The number of anilines is 1. The fourth-order valence-electron chi connectivity index (χ4n) is 2.44. The minimum atomic E-state index is -0.924. The smallest absolute Gasteiger partial charge is 0.335 e. The van der Waals surface area contributed by atoms with E-state index in [1.54, 1.807) is 12.1 Å². The second-order valence-corrected chi connectivity index (χ2v) is 5.10. The summed E-state index contributed by atoms with van der Waals surface area (Å²) in [6.07, 6.45) is 5.97. The molecule has 5 nitrogen and oxygen atoms in total. The number of nitrogens with zero attached hydrogens (tertiary/aromatic N) is 1.